The standard InChI is InChI=1S/C25H29N3O4/c29-17-22-25(20-8-6-19(7-9-20)18-4-2-1-3-5-18)21-14-27(16-24(31)28(21)22)23(30)15-26-10-12-32-13-11-26/h1-9,21-22,25,29H,10-17H2/t21-,22-,25+/m0/s1. The van der Waals surface area contributed by atoms with Crippen LogP contribution < -0.4 is 0 Å². The number of aliphatic hydroxyl groups excluding tert-OH is 1. The van der Waals surface area contributed by atoms with Gasteiger partial charge in [0.05, 0.1) is 45.0 Å². The van der Waals surface area contributed by atoms with Crippen molar-refractivity contribution in [2.24, 2.45) is 0 Å². The molecule has 3 saturated heterocycles. The van der Waals surface area contributed by atoms with Crippen molar-refractivity contribution in [3.63, 3.8) is 0 Å². The maximum atomic E-state index is 12.9. The normalized spacial score (nSPS) is 25.9. The van der Waals surface area contributed by atoms with Crippen LogP contribution in [0.1, 0.15) is 11.5 Å². The van der Waals surface area contributed by atoms with Crippen molar-refractivity contribution < 1.29 is 19.4 Å². The Hall–Kier alpha value is -2.74. The molecule has 0 unspecified atom stereocenters. The number of ether oxygens (including phenoxy) is 1. The van der Waals surface area contributed by atoms with Gasteiger partial charge >= 0.3 is 0 Å². The van der Waals surface area contributed by atoms with E-state index in [2.05, 4.69) is 41.3 Å². The molecule has 7 nitrogen and oxygen atoms in total. The first-order valence-corrected chi connectivity index (χ1v) is 11.3. The SMILES string of the molecule is O=C(CN1CCOCC1)N1CC(=O)N2[C@@H](CO)[C@H](c3ccc(-c4ccccc4)cc3)[C@@H]2C1. The minimum Gasteiger partial charge on any atom is -0.394 e. The molecule has 0 bridgehead atoms. The Morgan fingerprint density at radius 3 is 2.38 bits per heavy atom. The zero-order valence-electron chi connectivity index (χ0n) is 18.1. The van der Waals surface area contributed by atoms with E-state index in [0.717, 1.165) is 29.8 Å². The third-order valence-electron chi connectivity index (χ3n) is 6.97. The summed E-state index contributed by atoms with van der Waals surface area (Å²) in [6.45, 7) is 3.62. The van der Waals surface area contributed by atoms with Crippen molar-refractivity contribution >= 4 is 11.8 Å². The summed E-state index contributed by atoms with van der Waals surface area (Å²) in [7, 11) is 0. The van der Waals surface area contributed by atoms with Crippen LogP contribution in [-0.4, -0.2) is 96.2 Å². The zero-order valence-corrected chi connectivity index (χ0v) is 18.1. The second kappa shape index (κ2) is 9.02. The van der Waals surface area contributed by atoms with Gasteiger partial charge in [0.25, 0.3) is 0 Å². The number of hydrogen-bond donors (Lipinski definition) is 1. The van der Waals surface area contributed by atoms with Crippen molar-refractivity contribution in [2.75, 3.05) is 52.5 Å². The van der Waals surface area contributed by atoms with Crippen LogP contribution in [0.5, 0.6) is 0 Å². The molecule has 3 heterocycles. The number of carbonyl (C=O) groups excluding carboxylic acids is 2. The minimum absolute atomic E-state index is 0.00877. The van der Waals surface area contributed by atoms with Crippen LogP contribution in [0.15, 0.2) is 54.6 Å². The monoisotopic (exact) mass is 435 g/mol. The fourth-order valence-electron chi connectivity index (χ4n) is 5.27. The predicted octanol–water partition coefficient (Wildman–Crippen LogP) is 1.18. The van der Waals surface area contributed by atoms with E-state index < -0.39 is 0 Å². The molecule has 3 aliphatic heterocycles. The van der Waals surface area contributed by atoms with Crippen LogP contribution in [-0.2, 0) is 14.3 Å². The number of fused-ring (bicyclic) bond motifs is 1. The van der Waals surface area contributed by atoms with Crippen LogP contribution >= 0.6 is 0 Å². The number of morpholine rings is 1. The van der Waals surface area contributed by atoms with E-state index in [0.29, 0.717) is 26.3 Å². The number of rotatable bonds is 5. The van der Waals surface area contributed by atoms with Crippen LogP contribution in [0.2, 0.25) is 0 Å². The summed E-state index contributed by atoms with van der Waals surface area (Å²) in [5.74, 6) is -0.0638. The molecule has 0 aliphatic carbocycles. The molecule has 0 radical (unpaired) electrons. The number of benzene rings is 2. The predicted molar refractivity (Wildman–Crippen MR) is 120 cm³/mol. The number of piperazine rings is 1. The van der Waals surface area contributed by atoms with E-state index in [1.165, 1.54) is 0 Å². The molecule has 168 valence electrons. The van der Waals surface area contributed by atoms with Gasteiger partial charge in [0, 0.05) is 25.6 Å². The molecule has 7 heteroatoms. The van der Waals surface area contributed by atoms with Gasteiger partial charge in [0.15, 0.2) is 0 Å². The number of amides is 2. The smallest absolute Gasteiger partial charge is 0.242 e. The highest BCUT2D eigenvalue weighted by molar-refractivity contribution is 5.88. The molecule has 0 saturated carbocycles. The maximum absolute atomic E-state index is 12.9. The lowest BCUT2D eigenvalue weighted by atomic mass is 9.73. The zero-order chi connectivity index (χ0) is 22.1. The quantitative estimate of drug-likeness (QED) is 0.764. The van der Waals surface area contributed by atoms with Gasteiger partial charge in [-0.1, -0.05) is 54.6 Å². The van der Waals surface area contributed by atoms with E-state index in [-0.39, 0.29) is 43.0 Å². The summed E-state index contributed by atoms with van der Waals surface area (Å²) in [6, 6.07) is 18.2. The van der Waals surface area contributed by atoms with E-state index >= 15 is 0 Å². The first-order valence-electron chi connectivity index (χ1n) is 11.3. The summed E-state index contributed by atoms with van der Waals surface area (Å²) >= 11 is 0. The van der Waals surface area contributed by atoms with Crippen LogP contribution in [0.4, 0.5) is 0 Å². The van der Waals surface area contributed by atoms with E-state index in [1.54, 1.807) is 9.80 Å². The number of hydrogen-bond acceptors (Lipinski definition) is 5. The van der Waals surface area contributed by atoms with E-state index in [1.807, 2.05) is 18.2 Å². The number of carbonyl (C=O) groups is 2. The molecular formula is C25H29N3O4. The minimum atomic E-state index is -0.230. The molecule has 3 atom stereocenters. The number of nitrogens with zero attached hydrogens (tertiary/aromatic N) is 3. The van der Waals surface area contributed by atoms with Gasteiger partial charge in [0.2, 0.25) is 11.8 Å². The molecule has 3 fully saturated rings. The Bertz CT molecular complexity index is 959. The Labute approximate surface area is 188 Å². The highest BCUT2D eigenvalue weighted by Crippen LogP contribution is 2.43. The largest absolute Gasteiger partial charge is 0.394 e. The molecule has 2 amide bonds. The highest BCUT2D eigenvalue weighted by atomic mass is 16.5. The van der Waals surface area contributed by atoms with Gasteiger partial charge in [-0.15, -0.1) is 0 Å². The lowest BCUT2D eigenvalue weighted by molar-refractivity contribution is -0.167. The van der Waals surface area contributed by atoms with E-state index in [4.69, 9.17) is 4.74 Å². The maximum Gasteiger partial charge on any atom is 0.242 e. The van der Waals surface area contributed by atoms with Crippen molar-refractivity contribution in [2.45, 2.75) is 18.0 Å². The average Bonchev–Trinajstić information content (AvgIpc) is 2.82. The highest BCUT2D eigenvalue weighted by Gasteiger charge is 2.54. The fourth-order valence-corrected chi connectivity index (χ4v) is 5.27. The van der Waals surface area contributed by atoms with Crippen molar-refractivity contribution in [3.8, 4) is 11.1 Å². The first kappa shape index (κ1) is 21.1. The molecule has 2 aromatic rings. The van der Waals surface area contributed by atoms with Gasteiger partial charge in [-0.3, -0.25) is 14.5 Å². The third-order valence-corrected chi connectivity index (χ3v) is 6.97. The van der Waals surface area contributed by atoms with Crippen LogP contribution in [0.25, 0.3) is 11.1 Å². The van der Waals surface area contributed by atoms with Crippen LogP contribution in [0, 0.1) is 0 Å². The summed E-state index contributed by atoms with van der Waals surface area (Å²) in [4.78, 5) is 31.3. The van der Waals surface area contributed by atoms with Gasteiger partial charge < -0.3 is 19.6 Å². The van der Waals surface area contributed by atoms with Gasteiger partial charge in [-0.25, -0.2) is 0 Å². The Morgan fingerprint density at radius 2 is 1.69 bits per heavy atom. The summed E-state index contributed by atoms with van der Waals surface area (Å²) in [6.07, 6.45) is 0. The molecule has 2 aromatic carbocycles. The van der Waals surface area contributed by atoms with Gasteiger partial charge in [-0.2, -0.15) is 0 Å². The van der Waals surface area contributed by atoms with Gasteiger partial charge in [0.1, 0.15) is 0 Å². The van der Waals surface area contributed by atoms with Gasteiger partial charge in [-0.05, 0) is 16.7 Å². The second-order valence-corrected chi connectivity index (χ2v) is 8.79. The van der Waals surface area contributed by atoms with Crippen molar-refractivity contribution in [1.82, 2.24) is 14.7 Å². The Morgan fingerprint density at radius 1 is 1.00 bits per heavy atom. The molecule has 5 rings (SSSR count). The topological polar surface area (TPSA) is 73.3 Å². The molecular weight excluding hydrogens is 406 g/mol. The van der Waals surface area contributed by atoms with Crippen molar-refractivity contribution in [3.05, 3.63) is 60.2 Å². The molecule has 0 aromatic heterocycles. The summed E-state index contributed by atoms with van der Waals surface area (Å²) in [5, 5.41) is 10.0. The Kier molecular flexibility index (Phi) is 5.95. The Balaban J connectivity index is 1.31. The second-order valence-electron chi connectivity index (χ2n) is 8.79. The van der Waals surface area contributed by atoms with E-state index in [9.17, 15) is 14.7 Å². The molecule has 0 spiro atoms. The third kappa shape index (κ3) is 3.92. The summed E-state index contributed by atoms with van der Waals surface area (Å²) < 4.78 is 5.36. The molecule has 32 heavy (non-hydrogen) atoms. The lowest BCUT2D eigenvalue weighted by Crippen LogP contribution is -2.73. The summed E-state index contributed by atoms with van der Waals surface area (Å²) in [5.41, 5.74) is 3.38. The fraction of sp³-hybridized carbons (Fsp3) is 0.440. The number of aliphatic hydroxyl groups is 1. The molecule has 3 aliphatic rings. The molecule has 1 N–H and O–H groups in total. The lowest BCUT2D eigenvalue weighted by Gasteiger charge is -2.58. The first-order chi connectivity index (χ1) is 15.7. The van der Waals surface area contributed by atoms with Crippen LogP contribution in [0.3, 0.4) is 0 Å². The average molecular weight is 436 g/mol. The van der Waals surface area contributed by atoms with Crippen molar-refractivity contribution in [1.29, 1.82) is 0 Å².